The van der Waals surface area contributed by atoms with Gasteiger partial charge in [-0.3, -0.25) is 4.79 Å². The van der Waals surface area contributed by atoms with E-state index >= 15 is 0 Å². The largest absolute Gasteiger partial charge is 0.490 e. The first-order chi connectivity index (χ1) is 9.97. The van der Waals surface area contributed by atoms with Crippen LogP contribution in [0, 0.1) is 5.82 Å². The number of benzene rings is 2. The molecule has 3 nitrogen and oxygen atoms in total. The monoisotopic (exact) mass is 307 g/mol. The van der Waals surface area contributed by atoms with Gasteiger partial charge in [0, 0.05) is 5.69 Å². The molecule has 110 valence electrons. The molecule has 0 fully saturated rings. The van der Waals surface area contributed by atoms with E-state index in [1.807, 2.05) is 13.8 Å². The molecule has 0 saturated heterocycles. The van der Waals surface area contributed by atoms with Crippen molar-refractivity contribution in [2.75, 3.05) is 5.32 Å². The SMILES string of the molecule is CC(C)Oc1ccccc1C(=O)Nc1ccc(F)c(Cl)c1. The van der Waals surface area contributed by atoms with Crippen molar-refractivity contribution in [3.8, 4) is 5.75 Å². The highest BCUT2D eigenvalue weighted by molar-refractivity contribution is 6.31. The fourth-order valence-corrected chi connectivity index (χ4v) is 1.96. The Morgan fingerprint density at radius 2 is 1.95 bits per heavy atom. The molecule has 0 atom stereocenters. The van der Waals surface area contributed by atoms with Gasteiger partial charge in [-0.05, 0) is 44.2 Å². The number of carbonyl (C=O) groups excluding carboxylic acids is 1. The second-order valence-corrected chi connectivity index (χ2v) is 5.15. The average Bonchev–Trinajstić information content (AvgIpc) is 2.43. The average molecular weight is 308 g/mol. The molecule has 0 unspecified atom stereocenters. The molecule has 1 N–H and O–H groups in total. The smallest absolute Gasteiger partial charge is 0.259 e. The Morgan fingerprint density at radius 3 is 2.62 bits per heavy atom. The molecule has 0 spiro atoms. The van der Waals surface area contributed by atoms with E-state index in [4.69, 9.17) is 16.3 Å². The lowest BCUT2D eigenvalue weighted by Crippen LogP contribution is -2.15. The van der Waals surface area contributed by atoms with E-state index in [1.165, 1.54) is 18.2 Å². The molecule has 0 saturated carbocycles. The Hall–Kier alpha value is -2.07. The van der Waals surface area contributed by atoms with Crippen LogP contribution in [0.3, 0.4) is 0 Å². The van der Waals surface area contributed by atoms with E-state index in [0.717, 1.165) is 0 Å². The molecule has 0 bridgehead atoms. The van der Waals surface area contributed by atoms with E-state index in [-0.39, 0.29) is 17.0 Å². The number of amides is 1. The third-order valence-electron chi connectivity index (χ3n) is 2.67. The summed E-state index contributed by atoms with van der Waals surface area (Å²) in [5.74, 6) is -0.370. The molecule has 0 heterocycles. The fourth-order valence-electron chi connectivity index (χ4n) is 1.78. The summed E-state index contributed by atoms with van der Waals surface area (Å²) in [7, 11) is 0. The van der Waals surface area contributed by atoms with Crippen LogP contribution in [0.1, 0.15) is 24.2 Å². The quantitative estimate of drug-likeness (QED) is 0.902. The third kappa shape index (κ3) is 3.95. The minimum absolute atomic E-state index is 0.0421. The van der Waals surface area contributed by atoms with Crippen LogP contribution in [-0.4, -0.2) is 12.0 Å². The van der Waals surface area contributed by atoms with Gasteiger partial charge in [0.25, 0.3) is 5.91 Å². The molecule has 0 aliphatic carbocycles. The summed E-state index contributed by atoms with van der Waals surface area (Å²) >= 11 is 5.69. The van der Waals surface area contributed by atoms with Gasteiger partial charge in [-0.15, -0.1) is 0 Å². The Balaban J connectivity index is 2.22. The number of para-hydroxylation sites is 1. The molecular weight excluding hydrogens is 293 g/mol. The van der Waals surface area contributed by atoms with Gasteiger partial charge in [-0.1, -0.05) is 23.7 Å². The number of hydrogen-bond acceptors (Lipinski definition) is 2. The summed E-state index contributed by atoms with van der Waals surface area (Å²) in [6.07, 6.45) is -0.0424. The second kappa shape index (κ2) is 6.59. The summed E-state index contributed by atoms with van der Waals surface area (Å²) in [5, 5.41) is 2.63. The van der Waals surface area contributed by atoms with Crippen molar-refractivity contribution >= 4 is 23.2 Å². The van der Waals surface area contributed by atoms with Gasteiger partial charge in [-0.2, -0.15) is 0 Å². The Kier molecular flexibility index (Phi) is 4.81. The number of anilines is 1. The van der Waals surface area contributed by atoms with Crippen LogP contribution in [0.15, 0.2) is 42.5 Å². The molecule has 2 aromatic carbocycles. The first-order valence-electron chi connectivity index (χ1n) is 6.49. The molecule has 0 aliphatic heterocycles. The number of hydrogen-bond donors (Lipinski definition) is 1. The van der Waals surface area contributed by atoms with Crippen molar-refractivity contribution in [3.63, 3.8) is 0 Å². The van der Waals surface area contributed by atoms with E-state index in [9.17, 15) is 9.18 Å². The zero-order chi connectivity index (χ0) is 15.4. The fraction of sp³-hybridized carbons (Fsp3) is 0.188. The maximum Gasteiger partial charge on any atom is 0.259 e. The first kappa shape index (κ1) is 15.3. The Morgan fingerprint density at radius 1 is 1.24 bits per heavy atom. The lowest BCUT2D eigenvalue weighted by atomic mass is 10.1. The minimum Gasteiger partial charge on any atom is -0.490 e. The van der Waals surface area contributed by atoms with Crippen LogP contribution in [0.4, 0.5) is 10.1 Å². The van der Waals surface area contributed by atoms with Gasteiger partial charge in [0.1, 0.15) is 11.6 Å². The molecule has 0 aliphatic rings. The lowest BCUT2D eigenvalue weighted by molar-refractivity contribution is 0.102. The van der Waals surface area contributed by atoms with E-state index in [2.05, 4.69) is 5.32 Å². The summed E-state index contributed by atoms with van der Waals surface area (Å²) in [5.41, 5.74) is 0.831. The zero-order valence-corrected chi connectivity index (χ0v) is 12.4. The first-order valence-corrected chi connectivity index (χ1v) is 6.87. The Bertz CT molecular complexity index is 658. The van der Waals surface area contributed by atoms with E-state index in [0.29, 0.717) is 17.0 Å². The lowest BCUT2D eigenvalue weighted by Gasteiger charge is -2.14. The van der Waals surface area contributed by atoms with Crippen molar-refractivity contribution in [2.45, 2.75) is 20.0 Å². The van der Waals surface area contributed by atoms with Crippen molar-refractivity contribution in [3.05, 3.63) is 58.9 Å². The maximum atomic E-state index is 13.1. The van der Waals surface area contributed by atoms with Crippen molar-refractivity contribution < 1.29 is 13.9 Å². The molecule has 1 amide bonds. The third-order valence-corrected chi connectivity index (χ3v) is 2.96. The van der Waals surface area contributed by atoms with Gasteiger partial charge < -0.3 is 10.1 Å². The van der Waals surface area contributed by atoms with Gasteiger partial charge in [0.2, 0.25) is 0 Å². The van der Waals surface area contributed by atoms with Gasteiger partial charge in [0.05, 0.1) is 16.7 Å². The Labute approximate surface area is 127 Å². The highest BCUT2D eigenvalue weighted by atomic mass is 35.5. The molecule has 21 heavy (non-hydrogen) atoms. The second-order valence-electron chi connectivity index (χ2n) is 4.75. The highest BCUT2D eigenvalue weighted by Crippen LogP contribution is 2.23. The summed E-state index contributed by atoms with van der Waals surface area (Å²) in [4.78, 5) is 12.3. The predicted molar refractivity (Wildman–Crippen MR) is 81.6 cm³/mol. The predicted octanol–water partition coefficient (Wildman–Crippen LogP) is 4.52. The van der Waals surface area contributed by atoms with E-state index in [1.54, 1.807) is 24.3 Å². The van der Waals surface area contributed by atoms with Crippen LogP contribution in [-0.2, 0) is 0 Å². The molecule has 2 rings (SSSR count). The molecule has 0 aromatic heterocycles. The summed E-state index contributed by atoms with van der Waals surface area (Å²) < 4.78 is 18.7. The van der Waals surface area contributed by atoms with Crippen LogP contribution in [0.5, 0.6) is 5.75 Å². The normalized spacial score (nSPS) is 10.5. The van der Waals surface area contributed by atoms with Crippen molar-refractivity contribution in [1.29, 1.82) is 0 Å². The van der Waals surface area contributed by atoms with Crippen molar-refractivity contribution in [1.82, 2.24) is 0 Å². The van der Waals surface area contributed by atoms with Crippen molar-refractivity contribution in [2.24, 2.45) is 0 Å². The van der Waals surface area contributed by atoms with Crippen LogP contribution >= 0.6 is 11.6 Å². The van der Waals surface area contributed by atoms with E-state index < -0.39 is 5.82 Å². The van der Waals surface area contributed by atoms with Gasteiger partial charge >= 0.3 is 0 Å². The number of carbonyl (C=O) groups is 1. The molecular formula is C16H15ClFNO2. The summed E-state index contributed by atoms with van der Waals surface area (Å²) in [6, 6.07) is 11.0. The molecule has 5 heteroatoms. The maximum absolute atomic E-state index is 13.1. The van der Waals surface area contributed by atoms with Crippen LogP contribution in [0.25, 0.3) is 0 Å². The van der Waals surface area contributed by atoms with Gasteiger partial charge in [0.15, 0.2) is 0 Å². The molecule has 0 radical (unpaired) electrons. The van der Waals surface area contributed by atoms with Crippen LogP contribution < -0.4 is 10.1 Å². The number of nitrogens with one attached hydrogen (secondary N) is 1. The number of ether oxygens (including phenoxy) is 1. The minimum atomic E-state index is -0.529. The summed E-state index contributed by atoms with van der Waals surface area (Å²) in [6.45, 7) is 3.77. The van der Waals surface area contributed by atoms with Gasteiger partial charge in [-0.25, -0.2) is 4.39 Å². The number of halogens is 2. The standard InChI is InChI=1S/C16H15ClFNO2/c1-10(2)21-15-6-4-3-5-12(15)16(20)19-11-7-8-14(18)13(17)9-11/h3-10H,1-2H3,(H,19,20). The zero-order valence-electron chi connectivity index (χ0n) is 11.7. The van der Waals surface area contributed by atoms with Crippen LogP contribution in [0.2, 0.25) is 5.02 Å². The molecule has 2 aromatic rings. The number of rotatable bonds is 4. The highest BCUT2D eigenvalue weighted by Gasteiger charge is 2.13. The topological polar surface area (TPSA) is 38.3 Å².